The Morgan fingerprint density at radius 1 is 1.21 bits per heavy atom. The molecule has 0 saturated carbocycles. The zero-order valence-corrected chi connectivity index (χ0v) is 18.5. The standard InChI is InChI=1S/C23H36N2O4/c1-17(2)19-8-10-20(11-9-19)28-14-12-21(26)24-15-18-7-6-13-25(16-18)22(27)29-23(3,4)5/h8-11,17-18H,6-7,12-16H2,1-5H3,(H,24,26). The predicted molar refractivity (Wildman–Crippen MR) is 114 cm³/mol. The highest BCUT2D eigenvalue weighted by atomic mass is 16.6. The van der Waals surface area contributed by atoms with Gasteiger partial charge in [-0.1, -0.05) is 26.0 Å². The molecule has 0 radical (unpaired) electrons. The van der Waals surface area contributed by atoms with E-state index in [0.29, 0.717) is 38.6 Å². The number of nitrogens with zero attached hydrogens (tertiary/aromatic N) is 1. The molecular formula is C23H36N2O4. The molecule has 1 heterocycles. The summed E-state index contributed by atoms with van der Waals surface area (Å²) in [7, 11) is 0. The van der Waals surface area contributed by atoms with Crippen LogP contribution in [0.3, 0.4) is 0 Å². The Morgan fingerprint density at radius 3 is 2.52 bits per heavy atom. The molecule has 1 fully saturated rings. The lowest BCUT2D eigenvalue weighted by atomic mass is 9.98. The molecule has 29 heavy (non-hydrogen) atoms. The van der Waals surface area contributed by atoms with Crippen LogP contribution >= 0.6 is 0 Å². The topological polar surface area (TPSA) is 67.9 Å². The maximum Gasteiger partial charge on any atom is 0.410 e. The van der Waals surface area contributed by atoms with E-state index >= 15 is 0 Å². The van der Waals surface area contributed by atoms with Gasteiger partial charge in [-0.05, 0) is 63.1 Å². The molecule has 1 atom stereocenters. The molecule has 0 spiro atoms. The zero-order chi connectivity index (χ0) is 21.4. The van der Waals surface area contributed by atoms with E-state index in [9.17, 15) is 9.59 Å². The monoisotopic (exact) mass is 404 g/mol. The summed E-state index contributed by atoms with van der Waals surface area (Å²) in [5, 5.41) is 2.97. The lowest BCUT2D eigenvalue weighted by molar-refractivity contribution is -0.121. The van der Waals surface area contributed by atoms with Gasteiger partial charge in [-0.3, -0.25) is 4.79 Å². The van der Waals surface area contributed by atoms with Gasteiger partial charge >= 0.3 is 6.09 Å². The second-order valence-electron chi connectivity index (χ2n) is 9.06. The number of ether oxygens (including phenoxy) is 2. The summed E-state index contributed by atoms with van der Waals surface area (Å²) in [5.41, 5.74) is 0.774. The van der Waals surface area contributed by atoms with Crippen molar-refractivity contribution in [3.63, 3.8) is 0 Å². The largest absolute Gasteiger partial charge is 0.493 e. The Morgan fingerprint density at radius 2 is 1.90 bits per heavy atom. The van der Waals surface area contributed by atoms with Crippen LogP contribution in [-0.4, -0.2) is 48.7 Å². The fourth-order valence-electron chi connectivity index (χ4n) is 3.28. The number of amides is 2. The number of carbonyl (C=O) groups is 2. The molecule has 2 amide bonds. The third-order valence-corrected chi connectivity index (χ3v) is 4.90. The number of hydrogen-bond donors (Lipinski definition) is 1. The van der Waals surface area contributed by atoms with Crippen molar-refractivity contribution in [2.75, 3.05) is 26.2 Å². The number of nitrogens with one attached hydrogen (secondary N) is 1. The zero-order valence-electron chi connectivity index (χ0n) is 18.5. The van der Waals surface area contributed by atoms with E-state index in [4.69, 9.17) is 9.47 Å². The first-order valence-electron chi connectivity index (χ1n) is 10.6. The van der Waals surface area contributed by atoms with E-state index in [0.717, 1.165) is 18.6 Å². The van der Waals surface area contributed by atoms with Gasteiger partial charge < -0.3 is 19.7 Å². The van der Waals surface area contributed by atoms with Crippen molar-refractivity contribution in [2.45, 2.75) is 65.4 Å². The van der Waals surface area contributed by atoms with Crippen molar-refractivity contribution in [1.29, 1.82) is 0 Å². The minimum absolute atomic E-state index is 0.0295. The highest BCUT2D eigenvalue weighted by molar-refractivity contribution is 5.76. The molecule has 1 N–H and O–H groups in total. The summed E-state index contributed by atoms with van der Waals surface area (Å²) >= 11 is 0. The molecule has 162 valence electrons. The third-order valence-electron chi connectivity index (χ3n) is 4.90. The minimum Gasteiger partial charge on any atom is -0.493 e. The van der Waals surface area contributed by atoms with Gasteiger partial charge in [-0.25, -0.2) is 4.79 Å². The summed E-state index contributed by atoms with van der Waals surface area (Å²) in [6.45, 7) is 12.2. The van der Waals surface area contributed by atoms with Crippen LogP contribution in [0.1, 0.15) is 65.4 Å². The van der Waals surface area contributed by atoms with Crippen LogP contribution in [-0.2, 0) is 9.53 Å². The van der Waals surface area contributed by atoms with E-state index in [1.54, 1.807) is 4.90 Å². The fourth-order valence-corrected chi connectivity index (χ4v) is 3.28. The van der Waals surface area contributed by atoms with Crippen molar-refractivity contribution in [3.05, 3.63) is 29.8 Å². The number of piperidine rings is 1. The first kappa shape index (κ1) is 23.0. The van der Waals surface area contributed by atoms with Crippen molar-refractivity contribution < 1.29 is 19.1 Å². The van der Waals surface area contributed by atoms with E-state index < -0.39 is 5.60 Å². The molecular weight excluding hydrogens is 368 g/mol. The Labute approximate surface area is 174 Å². The Balaban J connectivity index is 1.67. The van der Waals surface area contributed by atoms with E-state index in [2.05, 4.69) is 31.3 Å². The van der Waals surface area contributed by atoms with Gasteiger partial charge in [0.2, 0.25) is 5.91 Å². The van der Waals surface area contributed by atoms with Crippen LogP contribution in [0.4, 0.5) is 4.79 Å². The number of likely N-dealkylation sites (tertiary alicyclic amines) is 1. The van der Waals surface area contributed by atoms with Gasteiger partial charge in [0.05, 0.1) is 13.0 Å². The van der Waals surface area contributed by atoms with Crippen LogP contribution in [0, 0.1) is 5.92 Å². The molecule has 1 aliphatic heterocycles. The summed E-state index contributed by atoms with van der Waals surface area (Å²) in [6, 6.07) is 8.00. The van der Waals surface area contributed by atoms with Gasteiger partial charge in [0.25, 0.3) is 0 Å². The van der Waals surface area contributed by atoms with Gasteiger partial charge in [0.15, 0.2) is 0 Å². The number of hydrogen-bond acceptors (Lipinski definition) is 4. The van der Waals surface area contributed by atoms with Crippen LogP contribution in [0.15, 0.2) is 24.3 Å². The molecule has 6 nitrogen and oxygen atoms in total. The predicted octanol–water partition coefficient (Wildman–Crippen LogP) is 4.34. The van der Waals surface area contributed by atoms with Gasteiger partial charge in [0.1, 0.15) is 11.4 Å². The van der Waals surface area contributed by atoms with Crippen molar-refractivity contribution in [3.8, 4) is 5.75 Å². The molecule has 2 rings (SSSR count). The fraction of sp³-hybridized carbons (Fsp3) is 0.652. The quantitative estimate of drug-likeness (QED) is 0.734. The average molecular weight is 405 g/mol. The highest BCUT2D eigenvalue weighted by Gasteiger charge is 2.27. The molecule has 0 aliphatic carbocycles. The molecule has 1 aliphatic rings. The molecule has 1 aromatic rings. The maximum absolute atomic E-state index is 12.2. The second-order valence-corrected chi connectivity index (χ2v) is 9.06. The van der Waals surface area contributed by atoms with E-state index in [-0.39, 0.29) is 17.9 Å². The molecule has 6 heteroatoms. The normalized spacial score (nSPS) is 17.2. The number of rotatable bonds is 7. The summed E-state index contributed by atoms with van der Waals surface area (Å²) in [4.78, 5) is 26.1. The molecule has 1 saturated heterocycles. The second kappa shape index (κ2) is 10.5. The van der Waals surface area contributed by atoms with Gasteiger partial charge in [-0.2, -0.15) is 0 Å². The van der Waals surface area contributed by atoms with Gasteiger partial charge in [-0.15, -0.1) is 0 Å². The Kier molecular flexibility index (Phi) is 8.35. The Bertz CT molecular complexity index is 664. The van der Waals surface area contributed by atoms with Crippen LogP contribution in [0.25, 0.3) is 0 Å². The summed E-state index contributed by atoms with van der Waals surface area (Å²) in [6.07, 6.45) is 1.97. The summed E-state index contributed by atoms with van der Waals surface area (Å²) < 4.78 is 11.1. The van der Waals surface area contributed by atoms with Crippen LogP contribution < -0.4 is 10.1 Å². The summed E-state index contributed by atoms with van der Waals surface area (Å²) in [5.74, 6) is 1.49. The highest BCUT2D eigenvalue weighted by Crippen LogP contribution is 2.20. The molecule has 1 unspecified atom stereocenters. The number of benzene rings is 1. The average Bonchev–Trinajstić information content (AvgIpc) is 2.65. The van der Waals surface area contributed by atoms with Gasteiger partial charge in [0, 0.05) is 19.6 Å². The van der Waals surface area contributed by atoms with Crippen molar-refractivity contribution in [1.82, 2.24) is 10.2 Å². The van der Waals surface area contributed by atoms with Crippen molar-refractivity contribution >= 4 is 12.0 Å². The smallest absolute Gasteiger partial charge is 0.410 e. The first-order valence-corrected chi connectivity index (χ1v) is 10.6. The maximum atomic E-state index is 12.2. The lowest BCUT2D eigenvalue weighted by Crippen LogP contribution is -2.45. The minimum atomic E-state index is -0.493. The van der Waals surface area contributed by atoms with E-state index in [1.165, 1.54) is 5.56 Å². The third kappa shape index (κ3) is 8.34. The van der Waals surface area contributed by atoms with Crippen LogP contribution in [0.5, 0.6) is 5.75 Å². The first-order chi connectivity index (χ1) is 13.6. The van der Waals surface area contributed by atoms with Crippen molar-refractivity contribution in [2.24, 2.45) is 5.92 Å². The van der Waals surface area contributed by atoms with E-state index in [1.807, 2.05) is 32.9 Å². The molecule has 0 bridgehead atoms. The molecule has 0 aromatic heterocycles. The Hall–Kier alpha value is -2.24. The number of carbonyl (C=O) groups excluding carboxylic acids is 2. The van der Waals surface area contributed by atoms with Crippen LogP contribution in [0.2, 0.25) is 0 Å². The molecule has 1 aromatic carbocycles. The lowest BCUT2D eigenvalue weighted by Gasteiger charge is -2.34. The SMILES string of the molecule is CC(C)c1ccc(OCCC(=O)NCC2CCCN(C(=O)OC(C)(C)C)C2)cc1.